The predicted octanol–water partition coefficient (Wildman–Crippen LogP) is 4.34. The molecule has 0 atom stereocenters. The summed E-state index contributed by atoms with van der Waals surface area (Å²) in [5, 5.41) is 13.1. The lowest BCUT2D eigenvalue weighted by Gasteiger charge is -2.30. The lowest BCUT2D eigenvalue weighted by molar-refractivity contribution is 0.0711. The number of anilines is 2. The number of nitrogens with zero attached hydrogens (tertiary/aromatic N) is 5. The van der Waals surface area contributed by atoms with Gasteiger partial charge < -0.3 is 28.9 Å². The molecule has 1 fully saturated rings. The van der Waals surface area contributed by atoms with Crippen LogP contribution in [-0.4, -0.2) is 56.2 Å². The van der Waals surface area contributed by atoms with Crippen molar-refractivity contribution in [2.75, 3.05) is 30.4 Å². The van der Waals surface area contributed by atoms with Crippen molar-refractivity contribution < 1.29 is 19.1 Å². The fourth-order valence-electron chi connectivity index (χ4n) is 4.47. The number of imidazole rings is 1. The Morgan fingerprint density at radius 1 is 1.19 bits per heavy atom. The van der Waals surface area contributed by atoms with Crippen LogP contribution in [0.1, 0.15) is 55.7 Å². The van der Waals surface area contributed by atoms with E-state index in [1.54, 1.807) is 32.2 Å². The summed E-state index contributed by atoms with van der Waals surface area (Å²) in [6.07, 6.45) is 11.5. The van der Waals surface area contributed by atoms with Crippen LogP contribution in [0.2, 0.25) is 0 Å². The van der Waals surface area contributed by atoms with Gasteiger partial charge in [0, 0.05) is 49.4 Å². The maximum atomic E-state index is 13.2. The van der Waals surface area contributed by atoms with E-state index in [1.807, 2.05) is 22.9 Å². The first-order valence-corrected chi connectivity index (χ1v) is 12.6. The number of hydrogen-bond acceptors (Lipinski definition) is 8. The molecule has 2 N–H and O–H groups in total. The summed E-state index contributed by atoms with van der Waals surface area (Å²) in [7, 11) is 1.54. The van der Waals surface area contributed by atoms with Crippen molar-refractivity contribution in [2.45, 2.75) is 51.6 Å². The van der Waals surface area contributed by atoms with Gasteiger partial charge in [0.1, 0.15) is 11.9 Å². The van der Waals surface area contributed by atoms with Gasteiger partial charge in [-0.15, -0.1) is 0 Å². The number of rotatable bonds is 8. The minimum atomic E-state index is -0.758. The molecule has 0 aliphatic carbocycles. The number of fused-ring (bicyclic) bond motifs is 1. The second kappa shape index (κ2) is 10.2. The molecule has 37 heavy (non-hydrogen) atoms. The summed E-state index contributed by atoms with van der Waals surface area (Å²) in [4.78, 5) is 28.8. The van der Waals surface area contributed by atoms with Crippen molar-refractivity contribution in [3.05, 3.63) is 54.4 Å². The number of aromatic nitrogens is 4. The van der Waals surface area contributed by atoms with Crippen molar-refractivity contribution in [1.82, 2.24) is 19.4 Å². The largest absolute Gasteiger partial charge is 0.481 e. The van der Waals surface area contributed by atoms with Gasteiger partial charge in [-0.3, -0.25) is 4.79 Å². The fraction of sp³-hybridized carbons (Fsp3) is 0.407. The molecular weight excluding hydrogens is 472 g/mol. The zero-order valence-electron chi connectivity index (χ0n) is 21.4. The standard InChI is InChI=1S/C27H32N6O4/c1-27(2,35)9-7-19-15-33-16-20(22(14-23(33)29-19)32-11-5-4-6-12-32)30-25(34)21-17-37-26(31-21)18-8-10-28-24(13-18)36-3/h8,10,13-17,35H,4-7,9,11-12H2,1-3H3,(H,30,34). The number of aliphatic hydroxyl groups is 1. The molecule has 0 saturated carbocycles. The first-order valence-electron chi connectivity index (χ1n) is 12.6. The molecule has 0 aromatic carbocycles. The molecular formula is C27H32N6O4. The molecule has 4 aromatic heterocycles. The van der Waals surface area contributed by atoms with Crippen LogP contribution < -0.4 is 15.0 Å². The molecule has 0 spiro atoms. The molecule has 0 unspecified atom stereocenters. The second-order valence-electron chi connectivity index (χ2n) is 10.0. The minimum Gasteiger partial charge on any atom is -0.481 e. The third-order valence-corrected chi connectivity index (χ3v) is 6.49. The van der Waals surface area contributed by atoms with Gasteiger partial charge in [-0.25, -0.2) is 15.0 Å². The summed E-state index contributed by atoms with van der Waals surface area (Å²) >= 11 is 0. The fourth-order valence-corrected chi connectivity index (χ4v) is 4.47. The Hall–Kier alpha value is -3.92. The highest BCUT2D eigenvalue weighted by Gasteiger charge is 2.21. The molecule has 5 rings (SSSR count). The Bertz CT molecular complexity index is 1400. The monoisotopic (exact) mass is 504 g/mol. The second-order valence-corrected chi connectivity index (χ2v) is 10.0. The molecule has 0 bridgehead atoms. The van der Waals surface area contributed by atoms with Gasteiger partial charge in [-0.05, 0) is 52.0 Å². The van der Waals surface area contributed by atoms with Crippen molar-refractivity contribution >= 4 is 22.9 Å². The topological polar surface area (TPSA) is 118 Å². The molecule has 1 amide bonds. The number of carbonyl (C=O) groups is 1. The van der Waals surface area contributed by atoms with Crippen molar-refractivity contribution in [2.24, 2.45) is 0 Å². The van der Waals surface area contributed by atoms with Crippen LogP contribution in [0.3, 0.4) is 0 Å². The third kappa shape index (κ3) is 5.75. The van der Waals surface area contributed by atoms with Crippen LogP contribution in [0.5, 0.6) is 5.88 Å². The number of aryl methyl sites for hydroxylation is 1. The lowest BCUT2D eigenvalue weighted by Crippen LogP contribution is -2.30. The van der Waals surface area contributed by atoms with E-state index in [2.05, 4.69) is 20.2 Å². The Kier molecular flexibility index (Phi) is 6.84. The molecule has 194 valence electrons. The van der Waals surface area contributed by atoms with Gasteiger partial charge in [-0.1, -0.05) is 0 Å². The maximum absolute atomic E-state index is 13.2. The van der Waals surface area contributed by atoms with Gasteiger partial charge in [-0.2, -0.15) is 0 Å². The number of carbonyl (C=O) groups excluding carboxylic acids is 1. The zero-order chi connectivity index (χ0) is 26.0. The Morgan fingerprint density at radius 2 is 2.00 bits per heavy atom. The highest BCUT2D eigenvalue weighted by atomic mass is 16.5. The Balaban J connectivity index is 1.43. The highest BCUT2D eigenvalue weighted by Crippen LogP contribution is 2.31. The molecule has 1 saturated heterocycles. The van der Waals surface area contributed by atoms with Crippen LogP contribution in [0.15, 0.2) is 47.5 Å². The van der Waals surface area contributed by atoms with E-state index in [1.165, 1.54) is 19.8 Å². The van der Waals surface area contributed by atoms with Gasteiger partial charge >= 0.3 is 0 Å². The normalized spacial score (nSPS) is 14.2. The number of pyridine rings is 2. The van der Waals surface area contributed by atoms with Crippen LogP contribution in [0.25, 0.3) is 17.1 Å². The summed E-state index contributed by atoms with van der Waals surface area (Å²) in [5.74, 6) is 0.378. The summed E-state index contributed by atoms with van der Waals surface area (Å²) < 4.78 is 12.7. The van der Waals surface area contributed by atoms with Gasteiger partial charge in [0.05, 0.1) is 29.8 Å². The maximum Gasteiger partial charge on any atom is 0.277 e. The van der Waals surface area contributed by atoms with Crippen LogP contribution >= 0.6 is 0 Å². The smallest absolute Gasteiger partial charge is 0.277 e. The zero-order valence-corrected chi connectivity index (χ0v) is 21.4. The average molecular weight is 505 g/mol. The van der Waals surface area contributed by atoms with E-state index in [0.29, 0.717) is 35.9 Å². The predicted molar refractivity (Wildman–Crippen MR) is 140 cm³/mol. The van der Waals surface area contributed by atoms with Crippen molar-refractivity contribution in [1.29, 1.82) is 0 Å². The van der Waals surface area contributed by atoms with E-state index in [9.17, 15) is 9.90 Å². The summed E-state index contributed by atoms with van der Waals surface area (Å²) in [5.41, 5.74) is 3.39. The van der Waals surface area contributed by atoms with Crippen molar-refractivity contribution in [3.8, 4) is 17.3 Å². The number of amides is 1. The first-order chi connectivity index (χ1) is 17.8. The van der Waals surface area contributed by atoms with Crippen LogP contribution in [-0.2, 0) is 6.42 Å². The molecule has 1 aliphatic rings. The highest BCUT2D eigenvalue weighted by molar-refractivity contribution is 6.04. The third-order valence-electron chi connectivity index (χ3n) is 6.49. The van der Waals surface area contributed by atoms with Crippen LogP contribution in [0.4, 0.5) is 11.4 Å². The van der Waals surface area contributed by atoms with Crippen LogP contribution in [0, 0.1) is 0 Å². The lowest BCUT2D eigenvalue weighted by atomic mass is 10.0. The van der Waals surface area contributed by atoms with Crippen molar-refractivity contribution in [3.63, 3.8) is 0 Å². The van der Waals surface area contributed by atoms with E-state index >= 15 is 0 Å². The molecule has 10 nitrogen and oxygen atoms in total. The van der Waals surface area contributed by atoms with E-state index in [4.69, 9.17) is 14.1 Å². The van der Waals surface area contributed by atoms with E-state index in [0.717, 1.165) is 43.0 Å². The number of methoxy groups -OCH3 is 1. The van der Waals surface area contributed by atoms with Gasteiger partial charge in [0.15, 0.2) is 5.69 Å². The number of hydrogen-bond donors (Lipinski definition) is 2. The number of nitrogens with one attached hydrogen (secondary N) is 1. The molecule has 4 aromatic rings. The first kappa shape index (κ1) is 24.8. The minimum absolute atomic E-state index is 0.173. The van der Waals surface area contributed by atoms with Gasteiger partial charge in [0.25, 0.3) is 5.91 Å². The molecule has 1 aliphatic heterocycles. The van der Waals surface area contributed by atoms with E-state index < -0.39 is 5.60 Å². The number of oxazole rings is 1. The SMILES string of the molecule is COc1cc(-c2nc(C(=O)Nc3cn4cc(CCC(C)(C)O)nc4cc3N3CCCCC3)co2)ccn1. The summed E-state index contributed by atoms with van der Waals surface area (Å²) in [6, 6.07) is 5.46. The Morgan fingerprint density at radius 3 is 2.76 bits per heavy atom. The average Bonchev–Trinajstić information content (AvgIpc) is 3.54. The Labute approximate surface area is 215 Å². The number of piperidine rings is 1. The van der Waals surface area contributed by atoms with Gasteiger partial charge in [0.2, 0.25) is 11.8 Å². The molecule has 0 radical (unpaired) electrons. The summed E-state index contributed by atoms with van der Waals surface area (Å²) in [6.45, 7) is 5.43. The quantitative estimate of drug-likeness (QED) is 0.364. The number of ether oxygens (including phenoxy) is 1. The molecule has 10 heteroatoms. The molecule has 5 heterocycles. The van der Waals surface area contributed by atoms with E-state index in [-0.39, 0.29) is 11.6 Å².